The Morgan fingerprint density at radius 1 is 1.15 bits per heavy atom. The lowest BCUT2D eigenvalue weighted by molar-refractivity contribution is 0.0697. The molecule has 1 N–H and O–H groups in total. The van der Waals surface area contributed by atoms with Gasteiger partial charge in [-0.15, -0.1) is 22.7 Å². The second-order valence-electron chi connectivity index (χ2n) is 5.26. The van der Waals surface area contributed by atoms with Gasteiger partial charge in [-0.1, -0.05) is 25.7 Å². The molecular formula is C15H17NO2S2. The van der Waals surface area contributed by atoms with E-state index in [0.29, 0.717) is 11.5 Å². The molecule has 1 saturated carbocycles. The van der Waals surface area contributed by atoms with E-state index < -0.39 is 5.97 Å². The molecule has 1 aliphatic carbocycles. The predicted octanol–water partition coefficient (Wildman–Crippen LogP) is 5.01. The summed E-state index contributed by atoms with van der Waals surface area (Å²) in [6.07, 6.45) is 7.81. The quantitative estimate of drug-likeness (QED) is 0.811. The fraction of sp³-hybridized carbons (Fsp3) is 0.467. The van der Waals surface area contributed by atoms with Crippen molar-refractivity contribution >= 4 is 28.6 Å². The molecule has 0 bridgehead atoms. The van der Waals surface area contributed by atoms with E-state index in [2.05, 4.69) is 5.38 Å². The minimum atomic E-state index is -0.869. The fourth-order valence-electron chi connectivity index (χ4n) is 2.70. The zero-order chi connectivity index (χ0) is 13.9. The summed E-state index contributed by atoms with van der Waals surface area (Å²) in [5.41, 5.74) is 1.29. The van der Waals surface area contributed by atoms with Gasteiger partial charge in [0.15, 0.2) is 0 Å². The molecule has 0 spiro atoms. The molecule has 2 aromatic heterocycles. The minimum absolute atomic E-state index is 0.356. The molecule has 1 aliphatic rings. The standard InChI is InChI=1S/C15H17NO2S2/c17-15(18)11-7-13(19-8-11)12-9-20-14(16-12)10-5-3-1-2-4-6-10/h7-10H,1-6H2,(H,17,18). The Labute approximate surface area is 126 Å². The highest BCUT2D eigenvalue weighted by Gasteiger charge is 2.18. The topological polar surface area (TPSA) is 50.2 Å². The Kier molecular flexibility index (Phi) is 4.17. The molecule has 106 valence electrons. The van der Waals surface area contributed by atoms with Crippen molar-refractivity contribution in [2.24, 2.45) is 0 Å². The van der Waals surface area contributed by atoms with Crippen molar-refractivity contribution < 1.29 is 9.90 Å². The Morgan fingerprint density at radius 3 is 2.55 bits per heavy atom. The number of rotatable bonds is 3. The lowest BCUT2D eigenvalue weighted by Gasteiger charge is -2.09. The van der Waals surface area contributed by atoms with Gasteiger partial charge in [-0.05, 0) is 18.9 Å². The zero-order valence-corrected chi connectivity index (χ0v) is 12.8. The average molecular weight is 307 g/mol. The first-order valence-electron chi connectivity index (χ1n) is 7.01. The van der Waals surface area contributed by atoms with Gasteiger partial charge in [-0.3, -0.25) is 0 Å². The van der Waals surface area contributed by atoms with Gasteiger partial charge in [-0.25, -0.2) is 9.78 Å². The highest BCUT2D eigenvalue weighted by atomic mass is 32.1. The van der Waals surface area contributed by atoms with Crippen LogP contribution in [-0.4, -0.2) is 16.1 Å². The number of carbonyl (C=O) groups is 1. The molecule has 1 fully saturated rings. The molecule has 0 aliphatic heterocycles. The van der Waals surface area contributed by atoms with Crippen LogP contribution in [0.15, 0.2) is 16.8 Å². The molecule has 0 aromatic carbocycles. The number of thiazole rings is 1. The molecule has 3 rings (SSSR count). The number of carboxylic acids is 1. The minimum Gasteiger partial charge on any atom is -0.478 e. The molecule has 0 unspecified atom stereocenters. The third kappa shape index (κ3) is 2.94. The SMILES string of the molecule is O=C(O)c1csc(-c2csc(C3CCCCCC3)n2)c1. The molecule has 0 saturated heterocycles. The van der Waals surface area contributed by atoms with Crippen molar-refractivity contribution in [3.63, 3.8) is 0 Å². The van der Waals surface area contributed by atoms with E-state index in [4.69, 9.17) is 10.1 Å². The maximum Gasteiger partial charge on any atom is 0.336 e. The van der Waals surface area contributed by atoms with Crippen LogP contribution in [0, 0.1) is 0 Å². The molecule has 2 heterocycles. The first-order valence-corrected chi connectivity index (χ1v) is 8.77. The summed E-state index contributed by atoms with van der Waals surface area (Å²) in [4.78, 5) is 16.6. The van der Waals surface area contributed by atoms with E-state index in [0.717, 1.165) is 10.6 Å². The molecule has 20 heavy (non-hydrogen) atoms. The first-order chi connectivity index (χ1) is 9.74. The molecule has 5 heteroatoms. The van der Waals surface area contributed by atoms with Gasteiger partial charge in [0, 0.05) is 16.7 Å². The van der Waals surface area contributed by atoms with Gasteiger partial charge in [0.2, 0.25) is 0 Å². The van der Waals surface area contributed by atoms with E-state index in [1.54, 1.807) is 22.8 Å². The predicted molar refractivity (Wildman–Crippen MR) is 82.8 cm³/mol. The van der Waals surface area contributed by atoms with E-state index in [9.17, 15) is 4.79 Å². The van der Waals surface area contributed by atoms with E-state index in [-0.39, 0.29) is 0 Å². The summed E-state index contributed by atoms with van der Waals surface area (Å²) in [7, 11) is 0. The second kappa shape index (κ2) is 6.06. The lowest BCUT2D eigenvalue weighted by Crippen LogP contribution is -1.96. The zero-order valence-electron chi connectivity index (χ0n) is 11.2. The number of thiophene rings is 1. The molecule has 3 nitrogen and oxygen atoms in total. The van der Waals surface area contributed by atoms with Crippen LogP contribution < -0.4 is 0 Å². The molecule has 0 radical (unpaired) electrons. The highest BCUT2D eigenvalue weighted by molar-refractivity contribution is 7.14. The van der Waals surface area contributed by atoms with Gasteiger partial charge in [-0.2, -0.15) is 0 Å². The van der Waals surface area contributed by atoms with E-state index >= 15 is 0 Å². The molecular weight excluding hydrogens is 290 g/mol. The Bertz CT molecular complexity index is 595. The van der Waals surface area contributed by atoms with Gasteiger partial charge in [0.05, 0.1) is 21.1 Å². The summed E-state index contributed by atoms with van der Waals surface area (Å²) in [5.74, 6) is -0.262. The van der Waals surface area contributed by atoms with Crippen molar-refractivity contribution in [2.45, 2.75) is 44.4 Å². The number of hydrogen-bond acceptors (Lipinski definition) is 4. The third-order valence-electron chi connectivity index (χ3n) is 3.83. The van der Waals surface area contributed by atoms with Gasteiger partial charge >= 0.3 is 5.97 Å². The Morgan fingerprint density at radius 2 is 1.90 bits per heavy atom. The molecule has 0 amide bonds. The van der Waals surface area contributed by atoms with Crippen LogP contribution in [0.5, 0.6) is 0 Å². The van der Waals surface area contributed by atoms with Gasteiger partial charge in [0.1, 0.15) is 0 Å². The van der Waals surface area contributed by atoms with Crippen LogP contribution in [-0.2, 0) is 0 Å². The summed E-state index contributed by atoms with van der Waals surface area (Å²) in [6.45, 7) is 0. The van der Waals surface area contributed by atoms with Crippen molar-refractivity contribution in [1.82, 2.24) is 4.98 Å². The van der Waals surface area contributed by atoms with Crippen molar-refractivity contribution in [3.8, 4) is 10.6 Å². The Hall–Kier alpha value is -1.20. The maximum absolute atomic E-state index is 10.9. The van der Waals surface area contributed by atoms with Crippen LogP contribution in [0.1, 0.15) is 59.8 Å². The van der Waals surface area contributed by atoms with Gasteiger partial charge in [0.25, 0.3) is 0 Å². The molecule has 0 atom stereocenters. The maximum atomic E-state index is 10.9. The fourth-order valence-corrected chi connectivity index (χ4v) is 4.61. The Balaban J connectivity index is 1.79. The first kappa shape index (κ1) is 13.8. The third-order valence-corrected chi connectivity index (χ3v) is 5.79. The number of hydrogen-bond donors (Lipinski definition) is 1. The number of nitrogens with zero attached hydrogens (tertiary/aromatic N) is 1. The van der Waals surface area contributed by atoms with Gasteiger partial charge < -0.3 is 5.11 Å². The monoisotopic (exact) mass is 307 g/mol. The van der Waals surface area contributed by atoms with Crippen molar-refractivity contribution in [3.05, 3.63) is 27.4 Å². The summed E-state index contributed by atoms with van der Waals surface area (Å²) in [5, 5.41) is 14.0. The average Bonchev–Trinajstić information content (AvgIpc) is 3.02. The lowest BCUT2D eigenvalue weighted by atomic mass is 10.0. The molecule has 2 aromatic rings. The normalized spacial score (nSPS) is 17.0. The highest BCUT2D eigenvalue weighted by Crippen LogP contribution is 2.36. The number of aromatic nitrogens is 1. The second-order valence-corrected chi connectivity index (χ2v) is 7.07. The van der Waals surface area contributed by atoms with Crippen LogP contribution in [0.25, 0.3) is 10.6 Å². The summed E-state index contributed by atoms with van der Waals surface area (Å²) >= 11 is 3.18. The van der Waals surface area contributed by atoms with Crippen LogP contribution in [0.2, 0.25) is 0 Å². The van der Waals surface area contributed by atoms with Crippen molar-refractivity contribution in [1.29, 1.82) is 0 Å². The van der Waals surface area contributed by atoms with Crippen LogP contribution in [0.3, 0.4) is 0 Å². The number of carboxylic acid groups (broad SMARTS) is 1. The summed E-state index contributed by atoms with van der Waals surface area (Å²) in [6, 6.07) is 1.72. The summed E-state index contributed by atoms with van der Waals surface area (Å²) < 4.78 is 0. The smallest absolute Gasteiger partial charge is 0.336 e. The van der Waals surface area contributed by atoms with E-state index in [1.165, 1.54) is 54.9 Å². The van der Waals surface area contributed by atoms with Crippen LogP contribution >= 0.6 is 22.7 Å². The van der Waals surface area contributed by atoms with E-state index in [1.807, 2.05) is 0 Å². The number of aromatic carboxylic acids is 1. The van der Waals surface area contributed by atoms with Crippen molar-refractivity contribution in [2.75, 3.05) is 0 Å². The largest absolute Gasteiger partial charge is 0.478 e. The van der Waals surface area contributed by atoms with Crippen LogP contribution in [0.4, 0.5) is 0 Å².